The number of non-ortho nitro benzene ring substituents is 1. The van der Waals surface area contributed by atoms with Gasteiger partial charge in [-0.05, 0) is 74.0 Å². The number of rotatable bonds is 14. The number of amides is 1. The van der Waals surface area contributed by atoms with Crippen LogP contribution >= 0.6 is 0 Å². The zero-order chi connectivity index (χ0) is 31.5. The molecule has 0 radical (unpaired) electrons. The summed E-state index contributed by atoms with van der Waals surface area (Å²) in [6.07, 6.45) is 3.54. The standard InChI is InChI=1S/C33H40N4O6S/c1-3-20-36(33(38)43-25-27-14-16-30(17-15-27)37(39)40)31-19-22-35(26(2)23-31)21-18-29(28-10-6-4-7-11-28)24-34-44(41,42)32-12-8-5-9-13-32/h3-17,26,29,31,34H,1,18-25H2,2H3. The van der Waals surface area contributed by atoms with Crippen molar-refractivity contribution in [2.24, 2.45) is 0 Å². The number of sulfonamides is 1. The first kappa shape index (κ1) is 32.8. The summed E-state index contributed by atoms with van der Waals surface area (Å²) in [4.78, 5) is 27.8. The molecule has 0 saturated carbocycles. The van der Waals surface area contributed by atoms with Crippen molar-refractivity contribution in [1.29, 1.82) is 0 Å². The van der Waals surface area contributed by atoms with Crippen LogP contribution < -0.4 is 4.72 Å². The van der Waals surface area contributed by atoms with Crippen LogP contribution in [0, 0.1) is 10.1 Å². The highest BCUT2D eigenvalue weighted by Gasteiger charge is 2.32. The molecule has 1 aliphatic rings. The molecule has 3 atom stereocenters. The van der Waals surface area contributed by atoms with Crippen molar-refractivity contribution in [2.75, 3.05) is 26.2 Å². The molecule has 1 N–H and O–H groups in total. The number of nitro groups is 1. The second-order valence-corrected chi connectivity index (χ2v) is 12.8. The molecule has 4 rings (SSSR count). The van der Waals surface area contributed by atoms with E-state index in [4.69, 9.17) is 4.74 Å². The van der Waals surface area contributed by atoms with Gasteiger partial charge in [0.2, 0.25) is 10.0 Å². The minimum Gasteiger partial charge on any atom is -0.445 e. The maximum Gasteiger partial charge on any atom is 0.410 e. The SMILES string of the molecule is C=CCN(C(=O)OCc1ccc([N+](=O)[O-])cc1)C1CCN(CCC(CNS(=O)(=O)c2ccccc2)c2ccccc2)C(C)C1. The highest BCUT2D eigenvalue weighted by atomic mass is 32.2. The Labute approximate surface area is 259 Å². The van der Waals surface area contributed by atoms with E-state index in [9.17, 15) is 23.3 Å². The van der Waals surface area contributed by atoms with Gasteiger partial charge in [0.1, 0.15) is 6.61 Å². The second-order valence-electron chi connectivity index (χ2n) is 11.0. The van der Waals surface area contributed by atoms with Crippen molar-refractivity contribution < 1.29 is 22.9 Å². The maximum absolute atomic E-state index is 13.1. The zero-order valence-corrected chi connectivity index (χ0v) is 25.8. The van der Waals surface area contributed by atoms with E-state index in [1.165, 1.54) is 12.1 Å². The summed E-state index contributed by atoms with van der Waals surface area (Å²) in [5.74, 6) is -0.00808. The number of hydrogen-bond donors (Lipinski definition) is 1. The molecule has 0 spiro atoms. The summed E-state index contributed by atoms with van der Waals surface area (Å²) in [6, 6.07) is 24.5. The fourth-order valence-corrected chi connectivity index (χ4v) is 6.69. The Hall–Kier alpha value is -4.06. The number of nitrogens with zero attached hydrogens (tertiary/aromatic N) is 3. The van der Waals surface area contributed by atoms with Crippen LogP contribution in [0.25, 0.3) is 0 Å². The Morgan fingerprint density at radius 3 is 2.39 bits per heavy atom. The number of benzene rings is 3. The Bertz CT molecular complexity index is 1490. The van der Waals surface area contributed by atoms with E-state index in [1.807, 2.05) is 30.3 Å². The van der Waals surface area contributed by atoms with Gasteiger partial charge in [0.25, 0.3) is 5.69 Å². The molecule has 0 aliphatic carbocycles. The molecule has 234 valence electrons. The first-order valence-electron chi connectivity index (χ1n) is 14.8. The summed E-state index contributed by atoms with van der Waals surface area (Å²) >= 11 is 0. The molecule has 1 heterocycles. The summed E-state index contributed by atoms with van der Waals surface area (Å²) < 4.78 is 34.2. The summed E-state index contributed by atoms with van der Waals surface area (Å²) in [5.41, 5.74) is 1.74. The normalized spacial score (nSPS) is 17.8. The van der Waals surface area contributed by atoms with Crippen molar-refractivity contribution in [2.45, 2.75) is 55.7 Å². The van der Waals surface area contributed by atoms with Crippen LogP contribution in [0.15, 0.2) is 102 Å². The van der Waals surface area contributed by atoms with Gasteiger partial charge in [-0.25, -0.2) is 17.9 Å². The third-order valence-corrected chi connectivity index (χ3v) is 9.55. The van der Waals surface area contributed by atoms with Gasteiger partial charge >= 0.3 is 6.09 Å². The van der Waals surface area contributed by atoms with E-state index >= 15 is 0 Å². The molecule has 0 bridgehead atoms. The molecule has 1 aliphatic heterocycles. The van der Waals surface area contributed by atoms with E-state index in [0.717, 1.165) is 37.9 Å². The molecule has 1 amide bonds. The fraction of sp³-hybridized carbons (Fsp3) is 0.364. The first-order chi connectivity index (χ1) is 21.2. The Balaban J connectivity index is 1.33. The number of hydrogen-bond acceptors (Lipinski definition) is 7. The van der Waals surface area contributed by atoms with E-state index in [2.05, 4.69) is 23.1 Å². The van der Waals surface area contributed by atoms with E-state index < -0.39 is 21.0 Å². The second kappa shape index (κ2) is 15.6. The zero-order valence-electron chi connectivity index (χ0n) is 25.0. The molecule has 11 heteroatoms. The third kappa shape index (κ3) is 8.98. The molecule has 3 unspecified atom stereocenters. The minimum atomic E-state index is -3.62. The molecular weight excluding hydrogens is 580 g/mol. The number of carbonyl (C=O) groups excluding carboxylic acids is 1. The average molecular weight is 621 g/mol. The molecule has 1 saturated heterocycles. The Morgan fingerprint density at radius 2 is 1.77 bits per heavy atom. The number of carbonyl (C=O) groups is 1. The third-order valence-electron chi connectivity index (χ3n) is 8.11. The number of piperidine rings is 1. The van der Waals surface area contributed by atoms with Crippen LogP contribution in [0.4, 0.5) is 10.5 Å². The minimum absolute atomic E-state index is 0.00808. The highest BCUT2D eigenvalue weighted by Crippen LogP contribution is 2.26. The van der Waals surface area contributed by atoms with Gasteiger partial charge in [0.15, 0.2) is 0 Å². The monoisotopic (exact) mass is 620 g/mol. The molecule has 3 aromatic rings. The van der Waals surface area contributed by atoms with Gasteiger partial charge in [0, 0.05) is 43.9 Å². The molecule has 1 fully saturated rings. The van der Waals surface area contributed by atoms with E-state index in [-0.39, 0.29) is 35.2 Å². The maximum atomic E-state index is 13.1. The Morgan fingerprint density at radius 1 is 1.11 bits per heavy atom. The van der Waals surface area contributed by atoms with Crippen molar-refractivity contribution in [3.8, 4) is 0 Å². The van der Waals surface area contributed by atoms with Crippen molar-refractivity contribution >= 4 is 21.8 Å². The molecule has 10 nitrogen and oxygen atoms in total. The van der Waals surface area contributed by atoms with Crippen LogP contribution in [0.2, 0.25) is 0 Å². The van der Waals surface area contributed by atoms with Crippen molar-refractivity contribution in [3.05, 3.63) is 119 Å². The van der Waals surface area contributed by atoms with Crippen LogP contribution in [-0.2, 0) is 21.4 Å². The number of ether oxygens (including phenoxy) is 1. The van der Waals surface area contributed by atoms with E-state index in [0.29, 0.717) is 18.7 Å². The lowest BCUT2D eigenvalue weighted by molar-refractivity contribution is -0.384. The lowest BCUT2D eigenvalue weighted by Crippen LogP contribution is -2.51. The van der Waals surface area contributed by atoms with Gasteiger partial charge in [-0.1, -0.05) is 54.6 Å². The molecule has 3 aromatic carbocycles. The Kier molecular flexibility index (Phi) is 11.6. The molecule has 44 heavy (non-hydrogen) atoms. The highest BCUT2D eigenvalue weighted by molar-refractivity contribution is 7.89. The van der Waals surface area contributed by atoms with Gasteiger partial charge in [0.05, 0.1) is 9.82 Å². The van der Waals surface area contributed by atoms with Crippen LogP contribution in [0.5, 0.6) is 0 Å². The lowest BCUT2D eigenvalue weighted by Gasteiger charge is -2.42. The van der Waals surface area contributed by atoms with Gasteiger partial charge in [-0.2, -0.15) is 0 Å². The predicted octanol–water partition coefficient (Wildman–Crippen LogP) is 5.72. The summed E-state index contributed by atoms with van der Waals surface area (Å²) in [6.45, 7) is 8.20. The number of nitrogens with one attached hydrogen (secondary N) is 1. The van der Waals surface area contributed by atoms with Crippen LogP contribution in [-0.4, -0.2) is 67.5 Å². The van der Waals surface area contributed by atoms with Crippen LogP contribution in [0.3, 0.4) is 0 Å². The lowest BCUT2D eigenvalue weighted by atomic mass is 9.93. The quantitative estimate of drug-likeness (QED) is 0.139. The molecule has 0 aromatic heterocycles. The van der Waals surface area contributed by atoms with Crippen molar-refractivity contribution in [3.63, 3.8) is 0 Å². The fourth-order valence-electron chi connectivity index (χ4n) is 5.59. The summed E-state index contributed by atoms with van der Waals surface area (Å²) in [7, 11) is -3.62. The largest absolute Gasteiger partial charge is 0.445 e. The van der Waals surface area contributed by atoms with E-state index in [1.54, 1.807) is 53.4 Å². The van der Waals surface area contributed by atoms with Crippen molar-refractivity contribution in [1.82, 2.24) is 14.5 Å². The van der Waals surface area contributed by atoms with Gasteiger partial charge < -0.3 is 14.5 Å². The average Bonchev–Trinajstić information content (AvgIpc) is 3.04. The molecular formula is C33H40N4O6S. The summed E-state index contributed by atoms with van der Waals surface area (Å²) in [5, 5.41) is 10.9. The predicted molar refractivity (Wildman–Crippen MR) is 170 cm³/mol. The van der Waals surface area contributed by atoms with Gasteiger partial charge in [-0.3, -0.25) is 10.1 Å². The smallest absolute Gasteiger partial charge is 0.410 e. The van der Waals surface area contributed by atoms with Crippen LogP contribution in [0.1, 0.15) is 43.2 Å². The topological polar surface area (TPSA) is 122 Å². The number of nitro benzene ring substituents is 1. The number of likely N-dealkylation sites (tertiary alicyclic amines) is 1. The van der Waals surface area contributed by atoms with Gasteiger partial charge in [-0.15, -0.1) is 6.58 Å². The first-order valence-corrected chi connectivity index (χ1v) is 16.3.